The lowest BCUT2D eigenvalue weighted by Gasteiger charge is -2.42. The van der Waals surface area contributed by atoms with Crippen molar-refractivity contribution >= 4 is 23.9 Å². The SMILES string of the molecule is CC(=N)N=Cc1ccc(C(=O)N2CCC(C(=O)NC(c3ccc(F)cc3)C(C)C)(c3ccc(F)cc3)CC2)cc1. The molecule has 1 atom stereocenters. The molecule has 1 aliphatic rings. The molecule has 3 aromatic carbocycles. The van der Waals surface area contributed by atoms with Crippen molar-refractivity contribution in [3.05, 3.63) is 107 Å². The van der Waals surface area contributed by atoms with Gasteiger partial charge >= 0.3 is 0 Å². The van der Waals surface area contributed by atoms with Gasteiger partial charge in [-0.25, -0.2) is 13.8 Å². The molecule has 1 unspecified atom stereocenters. The van der Waals surface area contributed by atoms with E-state index < -0.39 is 5.41 Å². The number of carbonyl (C=O) groups excluding carboxylic acids is 2. The summed E-state index contributed by atoms with van der Waals surface area (Å²) in [6, 6.07) is 18.8. The number of halogens is 2. The summed E-state index contributed by atoms with van der Waals surface area (Å²) in [5, 5.41) is 10.6. The Kier molecular flexibility index (Phi) is 8.87. The van der Waals surface area contributed by atoms with Crippen molar-refractivity contribution < 1.29 is 18.4 Å². The van der Waals surface area contributed by atoms with Gasteiger partial charge in [-0.15, -0.1) is 0 Å². The van der Waals surface area contributed by atoms with Crippen molar-refractivity contribution in [1.29, 1.82) is 5.41 Å². The maximum Gasteiger partial charge on any atom is 0.253 e. The molecule has 1 heterocycles. The fourth-order valence-corrected chi connectivity index (χ4v) is 5.16. The van der Waals surface area contributed by atoms with Crippen molar-refractivity contribution in [1.82, 2.24) is 10.2 Å². The summed E-state index contributed by atoms with van der Waals surface area (Å²) in [7, 11) is 0. The number of hydrogen-bond acceptors (Lipinski definition) is 3. The number of benzene rings is 3. The van der Waals surface area contributed by atoms with Gasteiger partial charge in [-0.3, -0.25) is 15.0 Å². The third kappa shape index (κ3) is 6.50. The van der Waals surface area contributed by atoms with E-state index in [9.17, 15) is 18.4 Å². The molecular formula is C32H34F2N4O2. The molecular weight excluding hydrogens is 510 g/mol. The molecule has 3 aromatic rings. The van der Waals surface area contributed by atoms with Gasteiger partial charge in [0, 0.05) is 24.9 Å². The highest BCUT2D eigenvalue weighted by Gasteiger charge is 2.44. The van der Waals surface area contributed by atoms with Gasteiger partial charge in [-0.05, 0) is 78.8 Å². The van der Waals surface area contributed by atoms with Crippen molar-refractivity contribution in [2.24, 2.45) is 10.9 Å². The summed E-state index contributed by atoms with van der Waals surface area (Å²) >= 11 is 0. The van der Waals surface area contributed by atoms with Gasteiger partial charge < -0.3 is 10.2 Å². The van der Waals surface area contributed by atoms with Crippen LogP contribution in [0.25, 0.3) is 0 Å². The number of amides is 2. The Labute approximate surface area is 233 Å². The maximum absolute atomic E-state index is 14.0. The second-order valence-electron chi connectivity index (χ2n) is 10.6. The first-order chi connectivity index (χ1) is 19.1. The Hall–Kier alpha value is -4.20. The molecule has 0 aromatic heterocycles. The van der Waals surface area contributed by atoms with Crippen LogP contribution >= 0.6 is 0 Å². The first-order valence-corrected chi connectivity index (χ1v) is 13.4. The van der Waals surface area contributed by atoms with Crippen LogP contribution in [0.4, 0.5) is 8.78 Å². The number of aliphatic imine (C=N–C) groups is 1. The van der Waals surface area contributed by atoms with E-state index in [0.717, 1.165) is 11.1 Å². The van der Waals surface area contributed by atoms with Crippen LogP contribution in [0.1, 0.15) is 66.7 Å². The van der Waals surface area contributed by atoms with Crippen LogP contribution in [0.15, 0.2) is 77.8 Å². The number of nitrogens with zero attached hydrogens (tertiary/aromatic N) is 2. The number of piperidine rings is 1. The minimum Gasteiger partial charge on any atom is -0.348 e. The number of likely N-dealkylation sites (tertiary alicyclic amines) is 1. The Morgan fingerprint density at radius 1 is 0.925 bits per heavy atom. The van der Waals surface area contributed by atoms with Gasteiger partial charge in [0.1, 0.15) is 17.5 Å². The summed E-state index contributed by atoms with van der Waals surface area (Å²) in [4.78, 5) is 33.0. The van der Waals surface area contributed by atoms with Crippen LogP contribution in [0.3, 0.4) is 0 Å². The van der Waals surface area contributed by atoms with E-state index in [1.807, 2.05) is 13.8 Å². The highest BCUT2D eigenvalue weighted by molar-refractivity contribution is 5.97. The van der Waals surface area contributed by atoms with Crippen LogP contribution in [-0.4, -0.2) is 41.9 Å². The van der Waals surface area contributed by atoms with Crippen molar-refractivity contribution in [2.75, 3.05) is 13.1 Å². The number of carbonyl (C=O) groups is 2. The van der Waals surface area contributed by atoms with Crippen LogP contribution in [0, 0.1) is 23.0 Å². The number of hydrogen-bond donors (Lipinski definition) is 2. The Balaban J connectivity index is 1.55. The predicted octanol–water partition coefficient (Wildman–Crippen LogP) is 6.07. The molecule has 2 amide bonds. The second kappa shape index (κ2) is 12.3. The first-order valence-electron chi connectivity index (χ1n) is 13.4. The number of amidine groups is 1. The fourth-order valence-electron chi connectivity index (χ4n) is 5.16. The molecule has 1 aliphatic heterocycles. The third-order valence-electron chi connectivity index (χ3n) is 7.48. The minimum absolute atomic E-state index is 0.0392. The topological polar surface area (TPSA) is 85.6 Å². The summed E-state index contributed by atoms with van der Waals surface area (Å²) in [6.07, 6.45) is 2.31. The van der Waals surface area contributed by atoms with Crippen molar-refractivity contribution in [3.8, 4) is 0 Å². The van der Waals surface area contributed by atoms with Gasteiger partial charge in [0.2, 0.25) is 5.91 Å². The van der Waals surface area contributed by atoms with E-state index in [1.165, 1.54) is 24.3 Å². The first kappa shape index (κ1) is 28.8. The van der Waals surface area contributed by atoms with E-state index in [4.69, 9.17) is 5.41 Å². The van der Waals surface area contributed by atoms with E-state index >= 15 is 0 Å². The monoisotopic (exact) mass is 544 g/mol. The smallest absolute Gasteiger partial charge is 0.253 e. The van der Waals surface area contributed by atoms with E-state index in [2.05, 4.69) is 10.3 Å². The van der Waals surface area contributed by atoms with E-state index in [0.29, 0.717) is 37.1 Å². The molecule has 1 fully saturated rings. The Morgan fingerprint density at radius 3 is 2.00 bits per heavy atom. The summed E-state index contributed by atoms with van der Waals surface area (Å²) in [5.41, 5.74) is 1.86. The van der Waals surface area contributed by atoms with Gasteiger partial charge in [-0.1, -0.05) is 50.2 Å². The third-order valence-corrected chi connectivity index (χ3v) is 7.48. The molecule has 4 rings (SSSR count). The lowest BCUT2D eigenvalue weighted by atomic mass is 9.71. The van der Waals surface area contributed by atoms with Gasteiger partial charge in [0.25, 0.3) is 5.91 Å². The van der Waals surface area contributed by atoms with Gasteiger partial charge in [0.15, 0.2) is 0 Å². The zero-order valence-electron chi connectivity index (χ0n) is 23.0. The largest absolute Gasteiger partial charge is 0.348 e. The molecule has 0 saturated carbocycles. The molecule has 2 N–H and O–H groups in total. The second-order valence-corrected chi connectivity index (χ2v) is 10.6. The highest BCUT2D eigenvalue weighted by atomic mass is 19.1. The molecule has 0 aliphatic carbocycles. The standard InChI is InChI=1S/C32H34F2N4O2/c1-21(2)29(24-8-12-27(33)13-9-24)37-31(40)32(26-10-14-28(34)15-11-26)16-18-38(19-17-32)30(39)25-6-4-23(5-7-25)20-36-22(3)35/h4-15,20-21,29,35H,16-19H2,1-3H3,(H,37,40). The number of nitrogens with one attached hydrogen (secondary N) is 2. The molecule has 0 spiro atoms. The van der Waals surface area contributed by atoms with Crippen molar-refractivity contribution in [2.45, 2.75) is 45.1 Å². The lowest BCUT2D eigenvalue weighted by molar-refractivity contribution is -0.129. The average molecular weight is 545 g/mol. The molecule has 0 radical (unpaired) electrons. The van der Waals surface area contributed by atoms with Crippen LogP contribution < -0.4 is 5.32 Å². The highest BCUT2D eigenvalue weighted by Crippen LogP contribution is 2.38. The van der Waals surface area contributed by atoms with E-state index in [1.54, 1.807) is 66.6 Å². The van der Waals surface area contributed by atoms with Crippen LogP contribution in [-0.2, 0) is 10.2 Å². The Morgan fingerprint density at radius 2 is 1.48 bits per heavy atom. The molecule has 1 saturated heterocycles. The summed E-state index contributed by atoms with van der Waals surface area (Å²) in [5.74, 6) is -0.827. The minimum atomic E-state index is -0.956. The van der Waals surface area contributed by atoms with E-state index in [-0.39, 0.29) is 41.2 Å². The quantitative estimate of drug-likeness (QED) is 0.280. The molecule has 208 valence electrons. The predicted molar refractivity (Wildman–Crippen MR) is 153 cm³/mol. The zero-order valence-corrected chi connectivity index (χ0v) is 23.0. The number of rotatable bonds is 7. The Bertz CT molecular complexity index is 1380. The van der Waals surface area contributed by atoms with Crippen LogP contribution in [0.2, 0.25) is 0 Å². The molecule has 8 heteroatoms. The molecule has 40 heavy (non-hydrogen) atoms. The maximum atomic E-state index is 14.0. The summed E-state index contributed by atoms with van der Waals surface area (Å²) in [6.45, 7) is 6.27. The normalized spacial score (nSPS) is 15.7. The zero-order chi connectivity index (χ0) is 28.9. The van der Waals surface area contributed by atoms with Gasteiger partial charge in [0.05, 0.1) is 11.5 Å². The lowest BCUT2D eigenvalue weighted by Crippen LogP contribution is -2.53. The molecule has 6 nitrogen and oxygen atoms in total. The van der Waals surface area contributed by atoms with Crippen LogP contribution in [0.5, 0.6) is 0 Å². The van der Waals surface area contributed by atoms with Gasteiger partial charge in [-0.2, -0.15) is 0 Å². The molecule has 0 bridgehead atoms. The summed E-state index contributed by atoms with van der Waals surface area (Å²) < 4.78 is 27.4. The average Bonchev–Trinajstić information content (AvgIpc) is 2.95. The van der Waals surface area contributed by atoms with Crippen molar-refractivity contribution in [3.63, 3.8) is 0 Å². The fraction of sp³-hybridized carbons (Fsp3) is 0.312.